The molecule has 0 bridgehead atoms. The Kier molecular flexibility index (Phi) is 5.26. The molecule has 2 heterocycles. The summed E-state index contributed by atoms with van der Waals surface area (Å²) in [4.78, 5) is 21.5. The summed E-state index contributed by atoms with van der Waals surface area (Å²) in [6.45, 7) is 7.89. The summed E-state index contributed by atoms with van der Waals surface area (Å²) < 4.78 is 0. The van der Waals surface area contributed by atoms with Gasteiger partial charge in [0.15, 0.2) is 5.82 Å². The number of rotatable bonds is 2. The molecule has 1 fully saturated rings. The van der Waals surface area contributed by atoms with Gasteiger partial charge in [-0.1, -0.05) is 44.7 Å². The number of hydrogen-bond donors (Lipinski definition) is 2. The van der Waals surface area contributed by atoms with Gasteiger partial charge in [0.25, 0.3) is 5.24 Å². The van der Waals surface area contributed by atoms with Gasteiger partial charge in [-0.15, -0.1) is 10.2 Å². The molecular formula is C10H17N5O2S. The molecule has 1 saturated heterocycles. The summed E-state index contributed by atoms with van der Waals surface area (Å²) in [5.74, 6) is 1.22. The zero-order valence-electron chi connectivity index (χ0n) is 10.8. The van der Waals surface area contributed by atoms with Crippen molar-refractivity contribution in [2.45, 2.75) is 38.9 Å². The molecule has 1 aliphatic rings. The van der Waals surface area contributed by atoms with E-state index in [1.165, 1.54) is 0 Å². The normalized spacial score (nSPS) is 18.9. The maximum Gasteiger partial charge on any atom is 0.286 e. The third-order valence-corrected chi connectivity index (χ3v) is 3.53. The molecule has 0 aliphatic carbocycles. The quantitative estimate of drug-likeness (QED) is 0.841. The van der Waals surface area contributed by atoms with E-state index in [2.05, 4.69) is 25.9 Å². The molecule has 8 heteroatoms. The number of hydrogen-bond acceptors (Lipinski definition) is 6. The molecular weight excluding hydrogens is 254 g/mol. The largest absolute Gasteiger partial charge is 0.286 e. The summed E-state index contributed by atoms with van der Waals surface area (Å²) in [7, 11) is 0. The van der Waals surface area contributed by atoms with Gasteiger partial charge in [-0.2, -0.15) is 5.21 Å². The highest BCUT2D eigenvalue weighted by Gasteiger charge is 2.33. The molecule has 0 saturated carbocycles. The van der Waals surface area contributed by atoms with Gasteiger partial charge in [0.2, 0.25) is 5.91 Å². The molecule has 7 nitrogen and oxygen atoms in total. The minimum Gasteiger partial charge on any atom is -0.286 e. The lowest BCUT2D eigenvalue weighted by Crippen LogP contribution is -2.27. The third-order valence-electron chi connectivity index (χ3n) is 2.20. The Labute approximate surface area is 109 Å². The average molecular weight is 271 g/mol. The molecule has 2 N–H and O–H groups in total. The van der Waals surface area contributed by atoms with Crippen LogP contribution in [0.3, 0.4) is 0 Å². The molecule has 1 atom stereocenters. The SMILES string of the molecule is CC(C)C1SC(=O)NC1=O.CC(C)c1nn[nH]n1. The van der Waals surface area contributed by atoms with E-state index in [1.807, 2.05) is 27.7 Å². The van der Waals surface area contributed by atoms with E-state index in [0.29, 0.717) is 5.92 Å². The number of nitrogens with zero attached hydrogens (tertiary/aromatic N) is 3. The van der Waals surface area contributed by atoms with Gasteiger partial charge in [-0.25, -0.2) is 0 Å². The van der Waals surface area contributed by atoms with Gasteiger partial charge in [0.1, 0.15) is 0 Å². The Morgan fingerprint density at radius 3 is 2.11 bits per heavy atom. The van der Waals surface area contributed by atoms with Crippen molar-refractivity contribution in [1.82, 2.24) is 25.9 Å². The Hall–Kier alpha value is -1.44. The number of carbonyl (C=O) groups excluding carboxylic acids is 2. The van der Waals surface area contributed by atoms with E-state index in [-0.39, 0.29) is 22.3 Å². The highest BCUT2D eigenvalue weighted by atomic mass is 32.2. The summed E-state index contributed by atoms with van der Waals surface area (Å²) in [5, 5.41) is 15.2. The van der Waals surface area contributed by atoms with Crippen molar-refractivity contribution in [3.05, 3.63) is 5.82 Å². The van der Waals surface area contributed by atoms with Crippen LogP contribution in [0.1, 0.15) is 39.4 Å². The van der Waals surface area contributed by atoms with Crippen molar-refractivity contribution in [1.29, 1.82) is 0 Å². The molecule has 1 aromatic heterocycles. The fourth-order valence-corrected chi connectivity index (χ4v) is 2.05. The fraction of sp³-hybridized carbons (Fsp3) is 0.700. The van der Waals surface area contributed by atoms with Crippen LogP contribution in [0.2, 0.25) is 0 Å². The van der Waals surface area contributed by atoms with Crippen LogP contribution in [0.15, 0.2) is 0 Å². The van der Waals surface area contributed by atoms with Crippen molar-refractivity contribution >= 4 is 22.9 Å². The van der Waals surface area contributed by atoms with Gasteiger partial charge in [0, 0.05) is 5.92 Å². The lowest BCUT2D eigenvalue weighted by atomic mass is 10.1. The van der Waals surface area contributed by atoms with Gasteiger partial charge in [-0.3, -0.25) is 14.9 Å². The molecule has 0 aromatic carbocycles. The first-order chi connectivity index (χ1) is 8.41. The topological polar surface area (TPSA) is 101 Å². The number of tetrazole rings is 1. The van der Waals surface area contributed by atoms with Gasteiger partial charge in [0.05, 0.1) is 5.25 Å². The number of amides is 2. The predicted octanol–water partition coefficient (Wildman–Crippen LogP) is 1.32. The molecule has 18 heavy (non-hydrogen) atoms. The number of aromatic nitrogens is 4. The summed E-state index contributed by atoms with van der Waals surface area (Å²) in [5.41, 5.74) is 0. The number of nitrogens with one attached hydrogen (secondary N) is 2. The van der Waals surface area contributed by atoms with Crippen LogP contribution in [0, 0.1) is 5.92 Å². The molecule has 2 rings (SSSR count). The molecule has 0 spiro atoms. The monoisotopic (exact) mass is 271 g/mol. The van der Waals surface area contributed by atoms with Crippen molar-refractivity contribution in [3.8, 4) is 0 Å². The lowest BCUT2D eigenvalue weighted by molar-refractivity contribution is -0.119. The van der Waals surface area contributed by atoms with Crippen molar-refractivity contribution in [2.24, 2.45) is 5.92 Å². The third kappa shape index (κ3) is 4.10. The minimum atomic E-state index is -0.219. The zero-order valence-corrected chi connectivity index (χ0v) is 11.6. The van der Waals surface area contributed by atoms with E-state index in [1.54, 1.807) is 0 Å². The maximum absolute atomic E-state index is 10.9. The van der Waals surface area contributed by atoms with E-state index in [9.17, 15) is 9.59 Å². The molecule has 1 aliphatic heterocycles. The van der Waals surface area contributed by atoms with Crippen LogP contribution in [0.25, 0.3) is 0 Å². The van der Waals surface area contributed by atoms with E-state index < -0.39 is 0 Å². The molecule has 100 valence electrons. The van der Waals surface area contributed by atoms with Gasteiger partial charge in [-0.05, 0) is 5.92 Å². The molecule has 1 aromatic rings. The number of H-pyrrole nitrogens is 1. The zero-order chi connectivity index (χ0) is 13.7. The van der Waals surface area contributed by atoms with Crippen LogP contribution < -0.4 is 5.32 Å². The lowest BCUT2D eigenvalue weighted by Gasteiger charge is -2.06. The second kappa shape index (κ2) is 6.48. The Bertz CT molecular complexity index is 404. The first kappa shape index (κ1) is 14.6. The fourth-order valence-electron chi connectivity index (χ4n) is 1.22. The predicted molar refractivity (Wildman–Crippen MR) is 68.0 cm³/mol. The van der Waals surface area contributed by atoms with E-state index in [0.717, 1.165) is 17.6 Å². The van der Waals surface area contributed by atoms with E-state index >= 15 is 0 Å². The molecule has 2 amide bonds. The van der Waals surface area contributed by atoms with Gasteiger partial charge < -0.3 is 0 Å². The summed E-state index contributed by atoms with van der Waals surface area (Å²) >= 11 is 1.08. The number of carbonyl (C=O) groups is 2. The van der Waals surface area contributed by atoms with Crippen LogP contribution >= 0.6 is 11.8 Å². The first-order valence-corrected chi connectivity index (χ1v) is 6.54. The van der Waals surface area contributed by atoms with Crippen molar-refractivity contribution in [3.63, 3.8) is 0 Å². The highest BCUT2D eigenvalue weighted by Crippen LogP contribution is 2.24. The summed E-state index contributed by atoms with van der Waals surface area (Å²) in [6, 6.07) is 0. The van der Waals surface area contributed by atoms with Gasteiger partial charge >= 0.3 is 0 Å². The molecule has 1 unspecified atom stereocenters. The Morgan fingerprint density at radius 1 is 1.22 bits per heavy atom. The second-order valence-corrected chi connectivity index (χ2v) is 5.60. The smallest absolute Gasteiger partial charge is 0.286 e. The summed E-state index contributed by atoms with van der Waals surface area (Å²) in [6.07, 6.45) is 0. The number of imide groups is 1. The standard InChI is InChI=1S/C6H9NO2S.C4H8N4/c1-3(2)4-5(8)7-6(9)10-4;1-3(2)4-5-7-8-6-4/h3-4H,1-2H3,(H,7,8,9);3H,1-2H3,(H,5,6,7,8). The highest BCUT2D eigenvalue weighted by molar-refractivity contribution is 8.15. The van der Waals surface area contributed by atoms with Crippen LogP contribution in [0.4, 0.5) is 4.79 Å². The molecule has 0 radical (unpaired) electrons. The first-order valence-electron chi connectivity index (χ1n) is 5.66. The Morgan fingerprint density at radius 2 is 1.89 bits per heavy atom. The number of thioether (sulfide) groups is 1. The van der Waals surface area contributed by atoms with Crippen LogP contribution in [0.5, 0.6) is 0 Å². The van der Waals surface area contributed by atoms with Crippen LogP contribution in [-0.2, 0) is 4.79 Å². The Balaban J connectivity index is 0.000000184. The van der Waals surface area contributed by atoms with Crippen LogP contribution in [-0.4, -0.2) is 37.0 Å². The van der Waals surface area contributed by atoms with Crippen molar-refractivity contribution in [2.75, 3.05) is 0 Å². The van der Waals surface area contributed by atoms with Crippen molar-refractivity contribution < 1.29 is 9.59 Å². The second-order valence-electron chi connectivity index (χ2n) is 4.48. The maximum atomic E-state index is 10.9. The number of aromatic amines is 1. The average Bonchev–Trinajstić information content (AvgIpc) is 2.88. The van der Waals surface area contributed by atoms with E-state index in [4.69, 9.17) is 0 Å². The minimum absolute atomic E-state index is 0.148.